The molecular formula is C25H41N4O4S+. The second-order valence-electron chi connectivity index (χ2n) is 10.7. The molecule has 1 aromatic rings. The van der Waals surface area contributed by atoms with Gasteiger partial charge in [0.15, 0.2) is 5.13 Å². The van der Waals surface area contributed by atoms with Gasteiger partial charge in [-0.2, -0.15) is 0 Å². The maximum Gasteiger partial charge on any atom is 0.220 e. The minimum atomic E-state index is -0.599. The summed E-state index contributed by atoms with van der Waals surface area (Å²) >= 11 is 1.63. The molecule has 0 bridgehead atoms. The van der Waals surface area contributed by atoms with E-state index in [1.807, 2.05) is 13.0 Å². The Morgan fingerprint density at radius 3 is 2.85 bits per heavy atom. The number of nitrogens with zero attached hydrogens (tertiary/aromatic N) is 1. The molecule has 1 aliphatic heterocycles. The van der Waals surface area contributed by atoms with Crippen molar-refractivity contribution in [2.75, 3.05) is 57.9 Å². The fourth-order valence-corrected chi connectivity index (χ4v) is 7.50. The lowest BCUT2D eigenvalue weighted by molar-refractivity contribution is -0.906. The molecule has 1 saturated heterocycles. The molecule has 8 nitrogen and oxygen atoms in total. The normalized spacial score (nSPS) is 33.6. The van der Waals surface area contributed by atoms with Gasteiger partial charge in [-0.1, -0.05) is 19.9 Å². The van der Waals surface area contributed by atoms with Gasteiger partial charge in [-0.3, -0.25) is 4.79 Å². The predicted molar refractivity (Wildman–Crippen MR) is 133 cm³/mol. The fraction of sp³-hybridized carbons (Fsp3) is 0.760. The highest BCUT2D eigenvalue weighted by molar-refractivity contribution is 7.15. The van der Waals surface area contributed by atoms with Crippen molar-refractivity contribution >= 4 is 22.4 Å². The highest BCUT2D eigenvalue weighted by atomic mass is 32.1. The molecule has 5 atom stereocenters. The van der Waals surface area contributed by atoms with E-state index in [1.165, 1.54) is 9.78 Å². The van der Waals surface area contributed by atoms with Crippen molar-refractivity contribution in [1.29, 1.82) is 0 Å². The molecule has 34 heavy (non-hydrogen) atoms. The summed E-state index contributed by atoms with van der Waals surface area (Å²) in [5, 5.41) is 28.5. The van der Waals surface area contributed by atoms with Gasteiger partial charge in [0.2, 0.25) is 5.91 Å². The third kappa shape index (κ3) is 4.91. The molecule has 1 aromatic heterocycles. The van der Waals surface area contributed by atoms with Crippen LogP contribution in [0.3, 0.4) is 0 Å². The van der Waals surface area contributed by atoms with Crippen molar-refractivity contribution in [2.45, 2.75) is 51.6 Å². The third-order valence-corrected chi connectivity index (χ3v) is 9.73. The van der Waals surface area contributed by atoms with E-state index in [-0.39, 0.29) is 29.8 Å². The first-order valence-corrected chi connectivity index (χ1v) is 13.4. The van der Waals surface area contributed by atoms with E-state index in [4.69, 9.17) is 9.72 Å². The zero-order valence-corrected chi connectivity index (χ0v) is 21.4. The van der Waals surface area contributed by atoms with Crippen molar-refractivity contribution < 1.29 is 24.6 Å². The van der Waals surface area contributed by atoms with Gasteiger partial charge in [-0.15, -0.1) is 17.9 Å². The molecule has 0 spiro atoms. The molecule has 2 aliphatic carbocycles. The van der Waals surface area contributed by atoms with Crippen molar-refractivity contribution in [2.24, 2.45) is 16.7 Å². The number of anilines is 1. The number of morpholine rings is 1. The Balaban J connectivity index is 1.55. The number of rotatable bonds is 9. The maximum absolute atomic E-state index is 13.2. The number of thiazole rings is 1. The first kappa shape index (κ1) is 25.6. The van der Waals surface area contributed by atoms with Crippen LogP contribution in [0.1, 0.15) is 49.6 Å². The Morgan fingerprint density at radius 1 is 1.38 bits per heavy atom. The molecule has 190 valence electrons. The Bertz CT molecular complexity index is 873. The minimum Gasteiger partial charge on any atom is -0.396 e. The predicted octanol–water partition coefficient (Wildman–Crippen LogP) is 0.578. The van der Waals surface area contributed by atoms with Crippen molar-refractivity contribution in [3.05, 3.63) is 23.2 Å². The lowest BCUT2D eigenvalue weighted by Crippen LogP contribution is -3.14. The molecule has 1 saturated carbocycles. The van der Waals surface area contributed by atoms with E-state index in [1.54, 1.807) is 11.3 Å². The summed E-state index contributed by atoms with van der Waals surface area (Å²) in [6.45, 7) is 13.7. The first-order valence-electron chi connectivity index (χ1n) is 12.6. The van der Waals surface area contributed by atoms with Gasteiger partial charge in [0.25, 0.3) is 0 Å². The zero-order chi connectivity index (χ0) is 24.3. The molecule has 5 N–H and O–H groups in total. The summed E-state index contributed by atoms with van der Waals surface area (Å²) in [5.41, 5.74) is 0.193. The molecule has 0 radical (unpaired) electrons. The Morgan fingerprint density at radius 2 is 2.15 bits per heavy atom. The van der Waals surface area contributed by atoms with Crippen LogP contribution in [-0.2, 0) is 16.0 Å². The van der Waals surface area contributed by atoms with E-state index in [9.17, 15) is 15.0 Å². The molecule has 2 fully saturated rings. The minimum absolute atomic E-state index is 0.0501. The number of quaternary nitrogens is 1. The highest BCUT2D eigenvalue weighted by Crippen LogP contribution is 2.62. The number of fused-ring (bicyclic) bond motifs is 2. The molecule has 0 aromatic carbocycles. The van der Waals surface area contributed by atoms with Crippen molar-refractivity contribution in [1.82, 2.24) is 10.3 Å². The first-order chi connectivity index (χ1) is 16.3. The van der Waals surface area contributed by atoms with Crippen LogP contribution in [0.2, 0.25) is 0 Å². The number of amides is 1. The number of nitrogens with one attached hydrogen (secondary N) is 3. The van der Waals surface area contributed by atoms with Crippen LogP contribution >= 0.6 is 11.3 Å². The monoisotopic (exact) mass is 493 g/mol. The molecule has 9 heteroatoms. The van der Waals surface area contributed by atoms with Crippen LogP contribution < -0.4 is 15.5 Å². The van der Waals surface area contributed by atoms with Crippen LogP contribution in [0.4, 0.5) is 5.13 Å². The van der Waals surface area contributed by atoms with Crippen LogP contribution in [-0.4, -0.2) is 79.8 Å². The van der Waals surface area contributed by atoms with E-state index < -0.39 is 11.5 Å². The largest absolute Gasteiger partial charge is 0.396 e. The van der Waals surface area contributed by atoms with Gasteiger partial charge < -0.3 is 30.5 Å². The number of aromatic nitrogens is 1. The molecule has 3 aliphatic rings. The van der Waals surface area contributed by atoms with Crippen molar-refractivity contribution in [3.8, 4) is 0 Å². The third-order valence-electron chi connectivity index (χ3n) is 8.68. The van der Waals surface area contributed by atoms with Gasteiger partial charge in [0.05, 0.1) is 44.7 Å². The number of hydrogen-bond donors (Lipinski definition) is 5. The Labute approximate surface area is 206 Å². The average molecular weight is 494 g/mol. The van der Waals surface area contributed by atoms with E-state index >= 15 is 0 Å². The number of ether oxygens (including phenoxy) is 1. The summed E-state index contributed by atoms with van der Waals surface area (Å²) in [6.07, 6.45) is 3.85. The molecule has 1 amide bonds. The Hall–Kier alpha value is -1.52. The van der Waals surface area contributed by atoms with Crippen LogP contribution in [0.25, 0.3) is 0 Å². The smallest absolute Gasteiger partial charge is 0.220 e. The van der Waals surface area contributed by atoms with Gasteiger partial charge in [0, 0.05) is 29.2 Å². The quantitative estimate of drug-likeness (QED) is 0.322. The van der Waals surface area contributed by atoms with Crippen LogP contribution in [0.5, 0.6) is 0 Å². The van der Waals surface area contributed by atoms with Gasteiger partial charge in [-0.25, -0.2) is 4.98 Å². The van der Waals surface area contributed by atoms with Gasteiger partial charge in [-0.05, 0) is 30.6 Å². The van der Waals surface area contributed by atoms with Crippen molar-refractivity contribution in [3.63, 3.8) is 0 Å². The van der Waals surface area contributed by atoms with E-state index in [0.29, 0.717) is 25.9 Å². The van der Waals surface area contributed by atoms with E-state index in [2.05, 4.69) is 24.1 Å². The lowest BCUT2D eigenvalue weighted by atomic mass is 9.47. The molecule has 4 rings (SSSR count). The number of carbonyl (C=O) groups excluding carboxylic acids is 1. The fourth-order valence-electron chi connectivity index (χ4n) is 6.43. The summed E-state index contributed by atoms with van der Waals surface area (Å²) in [7, 11) is 0. The Kier molecular flexibility index (Phi) is 7.99. The van der Waals surface area contributed by atoms with Crippen LogP contribution in [0.15, 0.2) is 12.7 Å². The standard InChI is InChI=1S/C25H40N4O4S/c1-4-7-27-23-28-22-17(14-21(32)26-8-9-29-10-12-33-13-11-29)24(2)6-5-20(31)25(3,16-30)19(24)15-18(22)34-23/h4,17,19-20,30-31H,1,5-16H2,2-3H3,(H,26,32)(H,27,28)/p+1/t17-,19+,20-,24+,25+/m1/s1. The SMILES string of the molecule is C=CCNc1nc2c(s1)C[C@@H]1[C@](C)(CO)[C@H](O)CC[C@@]1(C)[C@@H]2CC(=O)NCC[NH+]1CCOCC1. The number of carbonyl (C=O) groups is 1. The molecule has 0 unspecified atom stereocenters. The second kappa shape index (κ2) is 10.6. The van der Waals surface area contributed by atoms with E-state index in [0.717, 1.165) is 56.5 Å². The second-order valence-corrected chi connectivity index (χ2v) is 11.8. The van der Waals surface area contributed by atoms with Gasteiger partial charge in [0.1, 0.15) is 13.1 Å². The summed E-state index contributed by atoms with van der Waals surface area (Å²) < 4.78 is 5.42. The highest BCUT2D eigenvalue weighted by Gasteiger charge is 2.59. The molecular weight excluding hydrogens is 452 g/mol. The summed E-state index contributed by atoms with van der Waals surface area (Å²) in [4.78, 5) is 20.7. The summed E-state index contributed by atoms with van der Waals surface area (Å²) in [6, 6.07) is 0. The summed E-state index contributed by atoms with van der Waals surface area (Å²) in [5.74, 6) is 0.0753. The lowest BCUT2D eigenvalue weighted by Gasteiger charge is -2.58. The topological polar surface area (TPSA) is 108 Å². The van der Waals surface area contributed by atoms with Gasteiger partial charge >= 0.3 is 0 Å². The number of aliphatic hydroxyl groups excluding tert-OH is 2. The average Bonchev–Trinajstić information content (AvgIpc) is 3.25. The maximum atomic E-state index is 13.2. The van der Waals surface area contributed by atoms with Crippen LogP contribution in [0, 0.1) is 16.7 Å². The molecule has 2 heterocycles. The zero-order valence-electron chi connectivity index (χ0n) is 20.6. The number of hydrogen-bond acceptors (Lipinski definition) is 7. The number of aliphatic hydroxyl groups is 2.